The predicted octanol–water partition coefficient (Wildman–Crippen LogP) is 5.63. The lowest BCUT2D eigenvalue weighted by atomic mass is 9.93. The smallest absolute Gasteiger partial charge is 0.408 e. The van der Waals surface area contributed by atoms with Gasteiger partial charge >= 0.3 is 6.09 Å². The molecule has 0 spiro atoms. The summed E-state index contributed by atoms with van der Waals surface area (Å²) in [6.45, 7) is 9.30. The molecule has 0 saturated heterocycles. The van der Waals surface area contributed by atoms with E-state index in [-0.39, 0.29) is 36.1 Å². The Morgan fingerprint density at radius 3 is 2.12 bits per heavy atom. The normalized spacial score (nSPS) is 17.3. The van der Waals surface area contributed by atoms with Crippen LogP contribution in [0, 0.1) is 13.8 Å². The van der Waals surface area contributed by atoms with Crippen molar-refractivity contribution in [1.29, 1.82) is 0 Å². The largest absolute Gasteiger partial charge is 0.508 e. The molecule has 3 amide bonds. The predicted molar refractivity (Wildman–Crippen MR) is 159 cm³/mol. The summed E-state index contributed by atoms with van der Waals surface area (Å²) in [6.07, 6.45) is 6.29. The van der Waals surface area contributed by atoms with Crippen LogP contribution in [0.5, 0.6) is 5.75 Å². The third-order valence-corrected chi connectivity index (χ3v) is 7.60. The minimum absolute atomic E-state index is 0.0912. The van der Waals surface area contributed by atoms with Crippen LogP contribution in [0.2, 0.25) is 0 Å². The van der Waals surface area contributed by atoms with Gasteiger partial charge in [-0.25, -0.2) is 4.79 Å². The second-order valence-corrected chi connectivity index (χ2v) is 12.7. The van der Waals surface area contributed by atoms with Gasteiger partial charge in [-0.15, -0.1) is 0 Å². The zero-order valence-corrected chi connectivity index (χ0v) is 25.0. The number of aryl methyl sites for hydroxylation is 2. The second-order valence-electron chi connectivity index (χ2n) is 12.7. The number of amides is 3. The summed E-state index contributed by atoms with van der Waals surface area (Å²) in [7, 11) is 0. The Morgan fingerprint density at radius 1 is 0.951 bits per heavy atom. The molecule has 2 atom stereocenters. The van der Waals surface area contributed by atoms with Crippen LogP contribution in [0.4, 0.5) is 4.79 Å². The van der Waals surface area contributed by atoms with Crippen molar-refractivity contribution >= 4 is 17.9 Å². The molecule has 222 valence electrons. The third kappa shape index (κ3) is 8.72. The van der Waals surface area contributed by atoms with Crippen molar-refractivity contribution in [2.75, 3.05) is 0 Å². The average molecular weight is 564 g/mol. The van der Waals surface area contributed by atoms with E-state index in [4.69, 9.17) is 4.74 Å². The van der Waals surface area contributed by atoms with E-state index in [0.29, 0.717) is 0 Å². The Hall–Kier alpha value is -3.55. The minimum atomic E-state index is -0.967. The number of benzene rings is 2. The van der Waals surface area contributed by atoms with E-state index in [9.17, 15) is 19.5 Å². The number of nitrogens with zero attached hydrogens (tertiary/aromatic N) is 1. The Kier molecular flexibility index (Phi) is 9.61. The summed E-state index contributed by atoms with van der Waals surface area (Å²) in [6, 6.07) is 10.8. The zero-order chi connectivity index (χ0) is 29.7. The molecule has 0 heterocycles. The first-order chi connectivity index (χ1) is 19.4. The molecule has 0 radical (unpaired) electrons. The second kappa shape index (κ2) is 13.0. The Labute approximate surface area is 243 Å². The van der Waals surface area contributed by atoms with E-state index < -0.39 is 23.8 Å². The van der Waals surface area contributed by atoms with Crippen molar-refractivity contribution in [1.82, 2.24) is 15.5 Å². The molecule has 3 N–H and O–H groups in total. The number of nitrogens with one attached hydrogen (secondary N) is 2. The molecule has 2 aromatic carbocycles. The van der Waals surface area contributed by atoms with Crippen molar-refractivity contribution < 1.29 is 24.2 Å². The fourth-order valence-corrected chi connectivity index (χ4v) is 5.70. The van der Waals surface area contributed by atoms with Gasteiger partial charge in [-0.3, -0.25) is 9.59 Å². The van der Waals surface area contributed by atoms with Crippen LogP contribution in [0.3, 0.4) is 0 Å². The Bertz CT molecular complexity index is 1210. The standard InChI is InChI=1S/C33H45N3O5/c1-21-17-22(2)19-24(18-21)29(30(38)34-25-9-7-6-8-10-25)36(26-13-14-26)31(39)28(35-32(40)41-33(3,4)5)20-23-11-15-27(37)16-12-23/h11-12,15-19,25-26,28-29,37H,6-10,13-14,20H2,1-5H3,(H,34,38)(H,35,40). The first-order valence-electron chi connectivity index (χ1n) is 14.9. The third-order valence-electron chi connectivity index (χ3n) is 7.60. The highest BCUT2D eigenvalue weighted by molar-refractivity contribution is 5.93. The lowest BCUT2D eigenvalue weighted by Gasteiger charge is -2.36. The molecule has 0 aromatic heterocycles. The minimum Gasteiger partial charge on any atom is -0.508 e. The van der Waals surface area contributed by atoms with Gasteiger partial charge in [-0.2, -0.15) is 0 Å². The molecular weight excluding hydrogens is 518 g/mol. The average Bonchev–Trinajstić information content (AvgIpc) is 3.72. The number of phenolic OH excluding ortho intramolecular Hbond substituents is 1. The van der Waals surface area contributed by atoms with Crippen molar-refractivity contribution in [3.05, 3.63) is 64.7 Å². The molecule has 2 unspecified atom stereocenters. The Balaban J connectivity index is 1.70. The van der Waals surface area contributed by atoms with Gasteiger partial charge in [0.05, 0.1) is 0 Å². The molecule has 4 rings (SSSR count). The zero-order valence-electron chi connectivity index (χ0n) is 25.0. The number of carbonyl (C=O) groups excluding carboxylic acids is 3. The number of carbonyl (C=O) groups is 3. The molecule has 2 saturated carbocycles. The van der Waals surface area contributed by atoms with E-state index in [2.05, 4.69) is 16.7 Å². The molecule has 2 fully saturated rings. The van der Waals surface area contributed by atoms with E-state index in [1.54, 1.807) is 49.9 Å². The summed E-state index contributed by atoms with van der Waals surface area (Å²) in [5.74, 6) is -0.386. The quantitative estimate of drug-likeness (QED) is 0.367. The van der Waals surface area contributed by atoms with Crippen molar-refractivity contribution in [2.45, 2.75) is 116 Å². The first kappa shape index (κ1) is 30.4. The molecule has 8 nitrogen and oxygen atoms in total. The highest BCUT2D eigenvalue weighted by Crippen LogP contribution is 2.37. The van der Waals surface area contributed by atoms with Gasteiger partial charge in [-0.05, 0) is 83.6 Å². The maximum atomic E-state index is 14.5. The van der Waals surface area contributed by atoms with Gasteiger partial charge in [0.15, 0.2) is 0 Å². The van der Waals surface area contributed by atoms with Crippen LogP contribution in [-0.2, 0) is 20.7 Å². The maximum Gasteiger partial charge on any atom is 0.408 e. The van der Waals surface area contributed by atoms with Gasteiger partial charge in [-0.1, -0.05) is 60.7 Å². The molecule has 0 aliphatic heterocycles. The van der Waals surface area contributed by atoms with Crippen LogP contribution in [0.1, 0.15) is 94.0 Å². The van der Waals surface area contributed by atoms with E-state index >= 15 is 0 Å². The lowest BCUT2D eigenvalue weighted by Crippen LogP contribution is -2.55. The number of aromatic hydroxyl groups is 1. The molecule has 0 bridgehead atoms. The molecule has 2 aromatic rings. The van der Waals surface area contributed by atoms with Crippen LogP contribution in [0.15, 0.2) is 42.5 Å². The first-order valence-corrected chi connectivity index (χ1v) is 14.9. The number of hydrogen-bond donors (Lipinski definition) is 3. The summed E-state index contributed by atoms with van der Waals surface area (Å²) in [5, 5.41) is 15.8. The summed E-state index contributed by atoms with van der Waals surface area (Å²) >= 11 is 0. The van der Waals surface area contributed by atoms with Crippen LogP contribution >= 0.6 is 0 Å². The topological polar surface area (TPSA) is 108 Å². The van der Waals surface area contributed by atoms with E-state index in [1.165, 1.54) is 6.42 Å². The van der Waals surface area contributed by atoms with Gasteiger partial charge in [0, 0.05) is 18.5 Å². The summed E-state index contributed by atoms with van der Waals surface area (Å²) in [4.78, 5) is 43.2. The number of hydrogen-bond acceptors (Lipinski definition) is 5. The SMILES string of the molecule is Cc1cc(C)cc(C(C(=O)NC2CCCCC2)N(C(=O)C(Cc2ccc(O)cc2)NC(=O)OC(C)(C)C)C2CC2)c1. The van der Waals surface area contributed by atoms with Crippen molar-refractivity contribution in [3.8, 4) is 5.75 Å². The number of ether oxygens (including phenoxy) is 1. The fraction of sp³-hybridized carbons (Fsp3) is 0.545. The van der Waals surface area contributed by atoms with Gasteiger partial charge < -0.3 is 25.4 Å². The highest BCUT2D eigenvalue weighted by Gasteiger charge is 2.44. The van der Waals surface area contributed by atoms with Gasteiger partial charge in [0.1, 0.15) is 23.4 Å². The van der Waals surface area contributed by atoms with Crippen LogP contribution in [-0.4, -0.2) is 51.6 Å². The molecule has 2 aliphatic carbocycles. The lowest BCUT2D eigenvalue weighted by molar-refractivity contribution is -0.143. The van der Waals surface area contributed by atoms with Gasteiger partial charge in [0.25, 0.3) is 0 Å². The van der Waals surface area contributed by atoms with Crippen molar-refractivity contribution in [2.24, 2.45) is 0 Å². The summed E-state index contributed by atoms with van der Waals surface area (Å²) in [5.41, 5.74) is 2.84. The number of phenols is 1. The van der Waals surface area contributed by atoms with E-state index in [1.807, 2.05) is 26.0 Å². The monoisotopic (exact) mass is 563 g/mol. The van der Waals surface area contributed by atoms with Crippen LogP contribution < -0.4 is 10.6 Å². The fourth-order valence-electron chi connectivity index (χ4n) is 5.70. The number of rotatable bonds is 9. The maximum absolute atomic E-state index is 14.5. The highest BCUT2D eigenvalue weighted by atomic mass is 16.6. The van der Waals surface area contributed by atoms with Crippen molar-refractivity contribution in [3.63, 3.8) is 0 Å². The molecule has 2 aliphatic rings. The number of alkyl carbamates (subject to hydrolysis) is 1. The van der Waals surface area contributed by atoms with E-state index in [0.717, 1.165) is 60.8 Å². The molecular formula is C33H45N3O5. The summed E-state index contributed by atoms with van der Waals surface area (Å²) < 4.78 is 5.52. The van der Waals surface area contributed by atoms with Crippen LogP contribution in [0.25, 0.3) is 0 Å². The molecule has 8 heteroatoms. The van der Waals surface area contributed by atoms with Gasteiger partial charge in [0.2, 0.25) is 11.8 Å². The molecule has 41 heavy (non-hydrogen) atoms. The Morgan fingerprint density at radius 2 is 1.56 bits per heavy atom.